The van der Waals surface area contributed by atoms with E-state index in [1.807, 2.05) is 0 Å². The molecule has 0 saturated heterocycles. The molecule has 0 spiro atoms. The van der Waals surface area contributed by atoms with Crippen molar-refractivity contribution in [2.75, 3.05) is 5.32 Å². The average Bonchev–Trinajstić information content (AvgIpc) is 2.73. The molecule has 3 aromatic rings. The predicted octanol–water partition coefficient (Wildman–Crippen LogP) is 6.70. The molecule has 3 rings (SSSR count). The molecule has 0 saturated carbocycles. The number of halogens is 10. The Morgan fingerprint density at radius 1 is 0.750 bits per heavy atom. The zero-order chi connectivity index (χ0) is 24.1. The van der Waals surface area contributed by atoms with E-state index in [0.29, 0.717) is 12.1 Å². The molecule has 3 nitrogen and oxygen atoms in total. The summed E-state index contributed by atoms with van der Waals surface area (Å²) in [5.74, 6) is -21.9. The standard InChI is InChI=1S/C19H5ClF9NO2/c20-10-7(8-11(23)14(26)16(28)15(27)12(8)24)9(19(31)32)18(17(29)13(10)25)30-6-2-1-4(21)3-5(6)22/h1-3,30H,(H,31,32). The van der Waals surface area contributed by atoms with Gasteiger partial charge in [0.15, 0.2) is 34.9 Å². The van der Waals surface area contributed by atoms with Crippen LogP contribution in [0.2, 0.25) is 5.02 Å². The minimum Gasteiger partial charge on any atom is -0.478 e. The summed E-state index contributed by atoms with van der Waals surface area (Å²) >= 11 is 5.50. The summed E-state index contributed by atoms with van der Waals surface area (Å²) < 4.78 is 125. The molecule has 0 fully saturated rings. The Kier molecular flexibility index (Phi) is 6.00. The second-order valence-electron chi connectivity index (χ2n) is 6.07. The van der Waals surface area contributed by atoms with Crippen molar-refractivity contribution in [3.8, 4) is 11.1 Å². The summed E-state index contributed by atoms with van der Waals surface area (Å²) in [5, 5.41) is 9.61. The molecule has 0 atom stereocenters. The first kappa shape index (κ1) is 23.3. The second kappa shape index (κ2) is 8.26. The fourth-order valence-corrected chi connectivity index (χ4v) is 3.05. The van der Waals surface area contributed by atoms with E-state index >= 15 is 0 Å². The Balaban J connectivity index is 2.46. The molecule has 2 N–H and O–H groups in total. The average molecular weight is 486 g/mol. The Morgan fingerprint density at radius 2 is 1.28 bits per heavy atom. The largest absolute Gasteiger partial charge is 0.478 e. The number of rotatable bonds is 4. The molecule has 0 aliphatic heterocycles. The van der Waals surface area contributed by atoms with E-state index in [2.05, 4.69) is 0 Å². The highest BCUT2D eigenvalue weighted by molar-refractivity contribution is 6.34. The van der Waals surface area contributed by atoms with E-state index in [1.54, 1.807) is 5.32 Å². The van der Waals surface area contributed by atoms with Crippen molar-refractivity contribution in [1.82, 2.24) is 0 Å². The van der Waals surface area contributed by atoms with Crippen molar-refractivity contribution >= 4 is 28.9 Å². The van der Waals surface area contributed by atoms with Crippen LogP contribution >= 0.6 is 11.6 Å². The quantitative estimate of drug-likeness (QED) is 0.246. The van der Waals surface area contributed by atoms with Crippen LogP contribution in [-0.2, 0) is 0 Å². The minimum atomic E-state index is -2.61. The number of hydrogen-bond acceptors (Lipinski definition) is 2. The van der Waals surface area contributed by atoms with Crippen molar-refractivity contribution < 1.29 is 49.4 Å². The van der Waals surface area contributed by atoms with Gasteiger partial charge in [0.05, 0.1) is 27.5 Å². The molecule has 0 bridgehead atoms. The van der Waals surface area contributed by atoms with E-state index in [-0.39, 0.29) is 6.07 Å². The van der Waals surface area contributed by atoms with Gasteiger partial charge in [-0.15, -0.1) is 0 Å². The van der Waals surface area contributed by atoms with Gasteiger partial charge in [0.1, 0.15) is 11.6 Å². The van der Waals surface area contributed by atoms with Crippen molar-refractivity contribution in [2.24, 2.45) is 0 Å². The van der Waals surface area contributed by atoms with Gasteiger partial charge in [0.2, 0.25) is 5.82 Å². The summed E-state index contributed by atoms with van der Waals surface area (Å²) in [5.41, 5.74) is -7.48. The van der Waals surface area contributed by atoms with Crippen molar-refractivity contribution in [2.45, 2.75) is 0 Å². The number of carboxylic acid groups (broad SMARTS) is 1. The van der Waals surface area contributed by atoms with Crippen LogP contribution < -0.4 is 5.32 Å². The van der Waals surface area contributed by atoms with Crippen molar-refractivity contribution in [3.63, 3.8) is 0 Å². The van der Waals surface area contributed by atoms with Crippen LogP contribution in [-0.4, -0.2) is 11.1 Å². The lowest BCUT2D eigenvalue weighted by Crippen LogP contribution is -2.13. The van der Waals surface area contributed by atoms with E-state index in [0.717, 1.165) is 0 Å². The maximum absolute atomic E-state index is 14.5. The van der Waals surface area contributed by atoms with Crippen molar-refractivity contribution in [3.05, 3.63) is 81.1 Å². The van der Waals surface area contributed by atoms with Gasteiger partial charge >= 0.3 is 5.97 Å². The highest BCUT2D eigenvalue weighted by Gasteiger charge is 2.35. The normalized spacial score (nSPS) is 11.1. The second-order valence-corrected chi connectivity index (χ2v) is 6.44. The summed E-state index contributed by atoms with van der Waals surface area (Å²) in [6, 6.07) is 1.55. The fourth-order valence-electron chi connectivity index (χ4n) is 2.78. The summed E-state index contributed by atoms with van der Waals surface area (Å²) in [6.45, 7) is 0. The molecule has 0 aromatic heterocycles. The molecule has 0 heterocycles. The zero-order valence-corrected chi connectivity index (χ0v) is 15.6. The van der Waals surface area contributed by atoms with Gasteiger partial charge in [-0.25, -0.2) is 44.3 Å². The molecule has 0 unspecified atom stereocenters. The van der Waals surface area contributed by atoms with Gasteiger partial charge in [-0.1, -0.05) is 11.6 Å². The Morgan fingerprint density at radius 3 is 1.78 bits per heavy atom. The summed E-state index contributed by atoms with van der Waals surface area (Å²) in [4.78, 5) is 11.8. The first-order valence-electron chi connectivity index (χ1n) is 8.06. The molecule has 3 aromatic carbocycles. The predicted molar refractivity (Wildman–Crippen MR) is 93.2 cm³/mol. The topological polar surface area (TPSA) is 49.3 Å². The monoisotopic (exact) mass is 485 g/mol. The Labute approximate surface area is 176 Å². The third-order valence-electron chi connectivity index (χ3n) is 4.19. The highest BCUT2D eigenvalue weighted by atomic mass is 35.5. The van der Waals surface area contributed by atoms with Gasteiger partial charge in [-0.2, -0.15) is 0 Å². The van der Waals surface area contributed by atoms with E-state index in [9.17, 15) is 49.4 Å². The third kappa shape index (κ3) is 3.60. The van der Waals surface area contributed by atoms with Crippen LogP contribution in [0.3, 0.4) is 0 Å². The first-order chi connectivity index (χ1) is 14.9. The Bertz CT molecular complexity index is 1270. The number of hydrogen-bond donors (Lipinski definition) is 2. The lowest BCUT2D eigenvalue weighted by molar-refractivity contribution is 0.0698. The van der Waals surface area contributed by atoms with E-state index in [1.165, 1.54) is 0 Å². The molecule has 0 radical (unpaired) electrons. The summed E-state index contributed by atoms with van der Waals surface area (Å²) in [7, 11) is 0. The van der Waals surface area contributed by atoms with E-state index < -0.39 is 91.4 Å². The van der Waals surface area contributed by atoms with Gasteiger partial charge in [-0.05, 0) is 12.1 Å². The number of carboxylic acids is 1. The molecular formula is C19H5ClF9NO2. The van der Waals surface area contributed by atoms with Crippen LogP contribution in [0, 0.1) is 52.4 Å². The van der Waals surface area contributed by atoms with Crippen LogP contribution in [0.1, 0.15) is 10.4 Å². The van der Waals surface area contributed by atoms with Crippen LogP contribution in [0.5, 0.6) is 0 Å². The Hall–Kier alpha value is -3.41. The number of nitrogens with one attached hydrogen (secondary N) is 1. The molecule has 13 heteroatoms. The van der Waals surface area contributed by atoms with Gasteiger partial charge in [0.25, 0.3) is 0 Å². The van der Waals surface area contributed by atoms with Crippen LogP contribution in [0.25, 0.3) is 11.1 Å². The lowest BCUT2D eigenvalue weighted by Gasteiger charge is -2.19. The highest BCUT2D eigenvalue weighted by Crippen LogP contribution is 2.44. The number of benzene rings is 3. The first-order valence-corrected chi connectivity index (χ1v) is 8.43. The van der Waals surface area contributed by atoms with Gasteiger partial charge in [0, 0.05) is 11.6 Å². The smallest absolute Gasteiger partial charge is 0.338 e. The van der Waals surface area contributed by atoms with Crippen LogP contribution in [0.4, 0.5) is 50.9 Å². The maximum atomic E-state index is 14.5. The van der Waals surface area contributed by atoms with Crippen LogP contribution in [0.15, 0.2) is 18.2 Å². The maximum Gasteiger partial charge on any atom is 0.338 e. The molecule has 0 aliphatic carbocycles. The SMILES string of the molecule is O=C(O)c1c(Nc2ccc(F)cc2F)c(F)c(F)c(Cl)c1-c1c(F)c(F)c(F)c(F)c1F. The molecule has 168 valence electrons. The lowest BCUT2D eigenvalue weighted by atomic mass is 9.95. The molecular weight excluding hydrogens is 481 g/mol. The fraction of sp³-hybridized carbons (Fsp3) is 0. The zero-order valence-electron chi connectivity index (χ0n) is 14.9. The van der Waals surface area contributed by atoms with Gasteiger partial charge < -0.3 is 10.4 Å². The number of anilines is 2. The van der Waals surface area contributed by atoms with Gasteiger partial charge in [-0.3, -0.25) is 0 Å². The van der Waals surface area contributed by atoms with Crippen molar-refractivity contribution in [1.29, 1.82) is 0 Å². The minimum absolute atomic E-state index is 0.276. The molecule has 32 heavy (non-hydrogen) atoms. The molecule has 0 aliphatic rings. The number of carbonyl (C=O) groups is 1. The van der Waals surface area contributed by atoms with E-state index in [4.69, 9.17) is 11.6 Å². The summed E-state index contributed by atoms with van der Waals surface area (Å²) in [6.07, 6.45) is 0. The molecule has 0 amide bonds. The third-order valence-corrected chi connectivity index (χ3v) is 4.54. The number of aromatic carboxylic acids is 1.